The fraction of sp³-hybridized carbons (Fsp3) is 0.111. The smallest absolute Gasteiger partial charge is 0.261 e. The van der Waals surface area contributed by atoms with Gasteiger partial charge in [0.05, 0.1) is 23.4 Å². The van der Waals surface area contributed by atoms with Crippen LogP contribution >= 0.6 is 0 Å². The first-order valence-corrected chi connectivity index (χ1v) is 10.8. The monoisotopic (exact) mass is 451 g/mol. The summed E-state index contributed by atoms with van der Waals surface area (Å²) in [7, 11) is 0. The van der Waals surface area contributed by atoms with E-state index < -0.39 is 5.91 Å². The van der Waals surface area contributed by atoms with Crippen LogP contribution < -0.4 is 5.32 Å². The van der Waals surface area contributed by atoms with Crippen LogP contribution in [0.4, 0.5) is 5.69 Å². The summed E-state index contributed by atoms with van der Waals surface area (Å²) in [6.45, 7) is 3.90. The normalized spacial score (nSPS) is 12.7. The number of hydrogen-bond donors (Lipinski definition) is 1. The van der Waals surface area contributed by atoms with E-state index in [0.717, 1.165) is 22.6 Å². The number of benzene rings is 3. The average molecular weight is 451 g/mol. The quantitative estimate of drug-likeness (QED) is 0.431. The third-order valence-electron chi connectivity index (χ3n) is 5.81. The topological polar surface area (TPSA) is 92.5 Å². The van der Waals surface area contributed by atoms with Crippen LogP contribution in [0.5, 0.6) is 0 Å². The van der Waals surface area contributed by atoms with Crippen molar-refractivity contribution >= 4 is 23.4 Å². The van der Waals surface area contributed by atoms with Crippen LogP contribution in [0.3, 0.4) is 0 Å². The molecule has 7 heteroatoms. The SMILES string of the molecule is Cc1nc(-c2cccc(NC(=O)c3ccc4c(c3)C(=O)N(Cc3ccccc3)C4=O)c2)oc1C. The van der Waals surface area contributed by atoms with Crippen molar-refractivity contribution < 1.29 is 18.8 Å². The molecule has 0 saturated carbocycles. The van der Waals surface area contributed by atoms with Gasteiger partial charge in [0.15, 0.2) is 0 Å². The van der Waals surface area contributed by atoms with Crippen LogP contribution in [0.15, 0.2) is 77.2 Å². The molecule has 2 heterocycles. The van der Waals surface area contributed by atoms with Gasteiger partial charge in [-0.3, -0.25) is 19.3 Å². The number of hydrogen-bond acceptors (Lipinski definition) is 5. The van der Waals surface area contributed by atoms with E-state index in [1.54, 1.807) is 24.3 Å². The molecule has 168 valence electrons. The second-order valence-corrected chi connectivity index (χ2v) is 8.14. The molecule has 7 nitrogen and oxygen atoms in total. The maximum atomic E-state index is 12.9. The second kappa shape index (κ2) is 8.44. The molecule has 1 aliphatic rings. The zero-order valence-corrected chi connectivity index (χ0v) is 18.7. The Balaban J connectivity index is 1.36. The number of carbonyl (C=O) groups excluding carboxylic acids is 3. The highest BCUT2D eigenvalue weighted by Crippen LogP contribution is 2.27. The summed E-state index contributed by atoms with van der Waals surface area (Å²) in [6, 6.07) is 21.0. The van der Waals surface area contributed by atoms with E-state index in [4.69, 9.17) is 4.42 Å². The molecule has 1 N–H and O–H groups in total. The van der Waals surface area contributed by atoms with Gasteiger partial charge in [-0.1, -0.05) is 36.4 Å². The molecule has 0 aliphatic carbocycles. The summed E-state index contributed by atoms with van der Waals surface area (Å²) < 4.78 is 5.67. The maximum Gasteiger partial charge on any atom is 0.261 e. The molecule has 0 unspecified atom stereocenters. The van der Waals surface area contributed by atoms with Crippen LogP contribution in [0, 0.1) is 13.8 Å². The number of anilines is 1. The Kier molecular flexibility index (Phi) is 5.30. The highest BCUT2D eigenvalue weighted by atomic mass is 16.4. The molecule has 0 bridgehead atoms. The number of nitrogens with one attached hydrogen (secondary N) is 1. The largest absolute Gasteiger partial charge is 0.441 e. The average Bonchev–Trinajstić information content (AvgIpc) is 3.31. The number of nitrogens with zero attached hydrogens (tertiary/aromatic N) is 2. The molecule has 3 aromatic carbocycles. The molecule has 0 saturated heterocycles. The first-order valence-electron chi connectivity index (χ1n) is 10.8. The Hall–Kier alpha value is -4.52. The minimum atomic E-state index is -0.407. The van der Waals surface area contributed by atoms with Crippen molar-refractivity contribution in [2.75, 3.05) is 5.32 Å². The number of amides is 3. The van der Waals surface area contributed by atoms with Crippen molar-refractivity contribution in [2.45, 2.75) is 20.4 Å². The van der Waals surface area contributed by atoms with E-state index in [-0.39, 0.29) is 29.5 Å². The van der Waals surface area contributed by atoms with Gasteiger partial charge in [-0.25, -0.2) is 4.98 Å². The van der Waals surface area contributed by atoms with Gasteiger partial charge in [-0.05, 0) is 55.8 Å². The maximum absolute atomic E-state index is 12.9. The zero-order chi connectivity index (χ0) is 23.8. The van der Waals surface area contributed by atoms with Crippen molar-refractivity contribution in [3.63, 3.8) is 0 Å². The summed E-state index contributed by atoms with van der Waals surface area (Å²) >= 11 is 0. The summed E-state index contributed by atoms with van der Waals surface area (Å²) in [4.78, 5) is 44.2. The van der Waals surface area contributed by atoms with Crippen LogP contribution in [0.25, 0.3) is 11.5 Å². The molecule has 0 fully saturated rings. The molecule has 3 amide bonds. The van der Waals surface area contributed by atoms with E-state index in [2.05, 4.69) is 10.3 Å². The Morgan fingerprint density at radius 1 is 0.912 bits per heavy atom. The van der Waals surface area contributed by atoms with Crippen LogP contribution in [0.1, 0.15) is 48.1 Å². The van der Waals surface area contributed by atoms with Crippen molar-refractivity contribution in [3.05, 3.63) is 107 Å². The summed E-state index contributed by atoms with van der Waals surface area (Å²) in [5.74, 6) is 0.0611. The van der Waals surface area contributed by atoms with Gasteiger partial charge in [0, 0.05) is 16.8 Å². The molecule has 0 radical (unpaired) electrons. The fourth-order valence-electron chi connectivity index (χ4n) is 3.87. The first-order chi connectivity index (χ1) is 16.4. The van der Waals surface area contributed by atoms with Crippen molar-refractivity contribution in [3.8, 4) is 11.5 Å². The first kappa shape index (κ1) is 21.3. The van der Waals surface area contributed by atoms with Gasteiger partial charge in [0.2, 0.25) is 5.89 Å². The minimum Gasteiger partial charge on any atom is -0.441 e. The molecule has 0 spiro atoms. The summed E-state index contributed by atoms with van der Waals surface area (Å²) in [5, 5.41) is 2.84. The highest BCUT2D eigenvalue weighted by Gasteiger charge is 2.36. The molecule has 5 rings (SSSR count). The summed E-state index contributed by atoms with van der Waals surface area (Å²) in [5.41, 5.74) is 3.77. The number of imide groups is 1. The number of carbonyl (C=O) groups is 3. The number of aromatic nitrogens is 1. The Labute approximate surface area is 196 Å². The lowest BCUT2D eigenvalue weighted by atomic mass is 10.1. The number of aryl methyl sites for hydroxylation is 2. The second-order valence-electron chi connectivity index (χ2n) is 8.14. The van der Waals surface area contributed by atoms with Gasteiger partial charge < -0.3 is 9.73 Å². The van der Waals surface area contributed by atoms with Gasteiger partial charge in [0.1, 0.15) is 5.76 Å². The lowest BCUT2D eigenvalue weighted by molar-refractivity contribution is 0.0642. The lowest BCUT2D eigenvalue weighted by Gasteiger charge is -2.13. The van der Waals surface area contributed by atoms with Crippen LogP contribution in [-0.2, 0) is 6.54 Å². The molecule has 1 aromatic heterocycles. The zero-order valence-electron chi connectivity index (χ0n) is 18.7. The standard InChI is InChI=1S/C27H21N3O4/c1-16-17(2)34-25(28-16)20-9-6-10-21(13-20)29-24(31)19-11-12-22-23(14-19)27(33)30(26(22)32)15-18-7-4-3-5-8-18/h3-14H,15H2,1-2H3,(H,29,31). The summed E-state index contributed by atoms with van der Waals surface area (Å²) in [6.07, 6.45) is 0. The molecular formula is C27H21N3O4. The van der Waals surface area contributed by atoms with E-state index in [1.165, 1.54) is 17.0 Å². The van der Waals surface area contributed by atoms with Crippen molar-refractivity contribution in [1.29, 1.82) is 0 Å². The third-order valence-corrected chi connectivity index (χ3v) is 5.81. The Bertz CT molecular complexity index is 1420. The number of rotatable bonds is 5. The molecule has 0 atom stereocenters. The van der Waals surface area contributed by atoms with Gasteiger partial charge in [-0.15, -0.1) is 0 Å². The fourth-order valence-corrected chi connectivity index (χ4v) is 3.87. The Morgan fingerprint density at radius 3 is 2.41 bits per heavy atom. The predicted octanol–water partition coefficient (Wildman–Crippen LogP) is 5.01. The Morgan fingerprint density at radius 2 is 1.68 bits per heavy atom. The van der Waals surface area contributed by atoms with Gasteiger partial charge in [-0.2, -0.15) is 0 Å². The highest BCUT2D eigenvalue weighted by molar-refractivity contribution is 6.22. The van der Waals surface area contributed by atoms with E-state index in [0.29, 0.717) is 17.1 Å². The third kappa shape index (κ3) is 3.88. The van der Waals surface area contributed by atoms with Crippen LogP contribution in [-0.4, -0.2) is 27.6 Å². The lowest BCUT2D eigenvalue weighted by Crippen LogP contribution is -2.29. The number of oxazole rings is 1. The van der Waals surface area contributed by atoms with Crippen molar-refractivity contribution in [1.82, 2.24) is 9.88 Å². The predicted molar refractivity (Wildman–Crippen MR) is 126 cm³/mol. The van der Waals surface area contributed by atoms with Gasteiger partial charge in [0.25, 0.3) is 17.7 Å². The van der Waals surface area contributed by atoms with Crippen LogP contribution in [0.2, 0.25) is 0 Å². The molecule has 4 aromatic rings. The van der Waals surface area contributed by atoms with E-state index in [1.807, 2.05) is 50.2 Å². The molecule has 34 heavy (non-hydrogen) atoms. The molecular weight excluding hydrogens is 430 g/mol. The van der Waals surface area contributed by atoms with E-state index in [9.17, 15) is 14.4 Å². The van der Waals surface area contributed by atoms with E-state index >= 15 is 0 Å². The van der Waals surface area contributed by atoms with Gasteiger partial charge >= 0.3 is 0 Å². The van der Waals surface area contributed by atoms with Crippen molar-refractivity contribution in [2.24, 2.45) is 0 Å². The number of fused-ring (bicyclic) bond motifs is 1. The minimum absolute atomic E-state index is 0.182. The molecule has 1 aliphatic heterocycles.